The molecule has 1 aliphatic rings. The minimum atomic E-state index is -0.206. The quantitative estimate of drug-likeness (QED) is 0.606. The fraction of sp³-hybridized carbons (Fsp3) is 0.250. The molecule has 0 aliphatic heterocycles. The average molecular weight is 403 g/mol. The number of carbonyl (C=O) groups is 1. The molecule has 0 bridgehead atoms. The van der Waals surface area contributed by atoms with Gasteiger partial charge in [-0.3, -0.25) is 4.79 Å². The Morgan fingerprint density at radius 2 is 1.97 bits per heavy atom. The first-order valence-corrected chi connectivity index (χ1v) is 10.6. The van der Waals surface area contributed by atoms with Gasteiger partial charge in [0.2, 0.25) is 0 Å². The Balaban J connectivity index is 1.43. The number of thiophene rings is 1. The van der Waals surface area contributed by atoms with Crippen molar-refractivity contribution < 1.29 is 9.53 Å². The van der Waals surface area contributed by atoms with Crippen molar-refractivity contribution in [2.45, 2.75) is 32.8 Å². The lowest BCUT2D eigenvalue weighted by Gasteiger charge is -2.17. The molecule has 1 heterocycles. The van der Waals surface area contributed by atoms with Gasteiger partial charge in [-0.2, -0.15) is 5.26 Å². The van der Waals surface area contributed by atoms with E-state index >= 15 is 0 Å². The van der Waals surface area contributed by atoms with E-state index in [2.05, 4.69) is 18.3 Å². The van der Waals surface area contributed by atoms with E-state index in [4.69, 9.17) is 4.74 Å². The molecular weight excluding hydrogens is 380 g/mol. The number of nitrogens with one attached hydrogen (secondary N) is 1. The summed E-state index contributed by atoms with van der Waals surface area (Å²) in [6.45, 7) is 2.71. The Kier molecular flexibility index (Phi) is 5.64. The number of hydrogen-bond donors (Lipinski definition) is 1. The third kappa shape index (κ3) is 4.33. The molecule has 0 saturated heterocycles. The molecule has 4 rings (SSSR count). The molecule has 1 aromatic heterocycles. The van der Waals surface area contributed by atoms with E-state index in [1.165, 1.54) is 4.88 Å². The zero-order valence-electron chi connectivity index (χ0n) is 16.3. The van der Waals surface area contributed by atoms with Crippen molar-refractivity contribution in [1.82, 2.24) is 0 Å². The molecule has 0 radical (unpaired) electrons. The molecule has 5 heteroatoms. The van der Waals surface area contributed by atoms with E-state index in [0.29, 0.717) is 34.4 Å². The van der Waals surface area contributed by atoms with Crippen LogP contribution in [0.15, 0.2) is 54.6 Å². The van der Waals surface area contributed by atoms with Crippen LogP contribution in [0.1, 0.15) is 45.3 Å². The Labute approximate surface area is 174 Å². The summed E-state index contributed by atoms with van der Waals surface area (Å²) in [5.41, 5.74) is 3.39. The summed E-state index contributed by atoms with van der Waals surface area (Å²) in [6, 6.07) is 19.3. The zero-order chi connectivity index (χ0) is 20.2. The predicted molar refractivity (Wildman–Crippen MR) is 115 cm³/mol. The molecule has 0 fully saturated rings. The summed E-state index contributed by atoms with van der Waals surface area (Å²) < 4.78 is 5.77. The lowest BCUT2D eigenvalue weighted by Crippen LogP contribution is -2.12. The SMILES string of the molecule is CC1CCc2c(sc(NC(=O)c3ccc(OCc4ccccc4)cc3)c2C#N)C1. The molecule has 0 saturated carbocycles. The predicted octanol–water partition coefficient (Wildman–Crippen LogP) is 5.58. The average Bonchev–Trinajstić information content (AvgIpc) is 3.09. The summed E-state index contributed by atoms with van der Waals surface area (Å²) in [5.74, 6) is 1.13. The van der Waals surface area contributed by atoms with Gasteiger partial charge in [0.05, 0.1) is 5.56 Å². The molecule has 1 amide bonds. The third-order valence-corrected chi connectivity index (χ3v) is 6.39. The van der Waals surface area contributed by atoms with Crippen LogP contribution in [-0.2, 0) is 19.4 Å². The van der Waals surface area contributed by atoms with Crippen molar-refractivity contribution in [2.75, 3.05) is 5.32 Å². The maximum absolute atomic E-state index is 12.7. The number of nitrogens with zero attached hydrogens (tertiary/aromatic N) is 1. The van der Waals surface area contributed by atoms with Crippen LogP contribution >= 0.6 is 11.3 Å². The highest BCUT2D eigenvalue weighted by atomic mass is 32.1. The van der Waals surface area contributed by atoms with Gasteiger partial charge in [-0.15, -0.1) is 11.3 Å². The molecular formula is C24H22N2O2S. The zero-order valence-corrected chi connectivity index (χ0v) is 17.1. The molecule has 1 N–H and O–H groups in total. The number of ether oxygens (including phenoxy) is 1. The van der Waals surface area contributed by atoms with Crippen molar-refractivity contribution in [3.05, 3.63) is 81.7 Å². The Morgan fingerprint density at radius 1 is 1.21 bits per heavy atom. The molecule has 2 aromatic carbocycles. The summed E-state index contributed by atoms with van der Waals surface area (Å²) in [7, 11) is 0. The highest BCUT2D eigenvalue weighted by molar-refractivity contribution is 7.16. The van der Waals surface area contributed by atoms with E-state index in [1.807, 2.05) is 30.3 Å². The van der Waals surface area contributed by atoms with Crippen LogP contribution in [0, 0.1) is 17.2 Å². The Bertz CT molecular complexity index is 1050. The minimum absolute atomic E-state index is 0.206. The third-order valence-electron chi connectivity index (χ3n) is 5.22. The summed E-state index contributed by atoms with van der Waals surface area (Å²) in [6.07, 6.45) is 2.99. The molecule has 3 aromatic rings. The van der Waals surface area contributed by atoms with Crippen LogP contribution in [0.5, 0.6) is 5.75 Å². The largest absolute Gasteiger partial charge is 0.489 e. The van der Waals surface area contributed by atoms with E-state index in [1.54, 1.807) is 35.6 Å². The Hall–Kier alpha value is -3.10. The molecule has 1 atom stereocenters. The van der Waals surface area contributed by atoms with Crippen LogP contribution in [0.3, 0.4) is 0 Å². The van der Waals surface area contributed by atoms with Gasteiger partial charge in [0.1, 0.15) is 23.4 Å². The number of fused-ring (bicyclic) bond motifs is 1. The first-order chi connectivity index (χ1) is 14.1. The molecule has 1 unspecified atom stereocenters. The van der Waals surface area contributed by atoms with Gasteiger partial charge in [0, 0.05) is 10.4 Å². The van der Waals surface area contributed by atoms with Gasteiger partial charge in [0.25, 0.3) is 5.91 Å². The van der Waals surface area contributed by atoms with Crippen molar-refractivity contribution in [1.29, 1.82) is 5.26 Å². The van der Waals surface area contributed by atoms with Crippen molar-refractivity contribution >= 4 is 22.2 Å². The van der Waals surface area contributed by atoms with Gasteiger partial charge in [0.15, 0.2) is 0 Å². The molecule has 0 spiro atoms. The molecule has 1 aliphatic carbocycles. The number of amides is 1. The minimum Gasteiger partial charge on any atom is -0.489 e. The van der Waals surface area contributed by atoms with Crippen molar-refractivity contribution in [3.8, 4) is 11.8 Å². The maximum Gasteiger partial charge on any atom is 0.256 e. The fourth-order valence-corrected chi connectivity index (χ4v) is 4.93. The second-order valence-electron chi connectivity index (χ2n) is 7.42. The van der Waals surface area contributed by atoms with Gasteiger partial charge in [-0.25, -0.2) is 0 Å². The van der Waals surface area contributed by atoms with Crippen molar-refractivity contribution in [2.24, 2.45) is 5.92 Å². The number of anilines is 1. The normalized spacial score (nSPS) is 15.2. The second-order valence-corrected chi connectivity index (χ2v) is 8.53. The van der Waals surface area contributed by atoms with Crippen LogP contribution in [0.2, 0.25) is 0 Å². The fourth-order valence-electron chi connectivity index (χ4n) is 3.58. The standard InChI is InChI=1S/C24H22N2O2S/c1-16-7-12-20-21(14-25)24(29-22(20)13-16)26-23(27)18-8-10-19(11-9-18)28-15-17-5-3-2-4-6-17/h2-6,8-11,16H,7,12-13,15H2,1H3,(H,26,27). The Morgan fingerprint density at radius 3 is 2.69 bits per heavy atom. The number of rotatable bonds is 5. The number of nitriles is 1. The van der Waals surface area contributed by atoms with E-state index < -0.39 is 0 Å². The second kappa shape index (κ2) is 8.50. The highest BCUT2D eigenvalue weighted by Crippen LogP contribution is 2.39. The first-order valence-electron chi connectivity index (χ1n) is 9.77. The highest BCUT2D eigenvalue weighted by Gasteiger charge is 2.24. The lowest BCUT2D eigenvalue weighted by atomic mass is 9.88. The smallest absolute Gasteiger partial charge is 0.256 e. The van der Waals surface area contributed by atoms with Crippen LogP contribution in [-0.4, -0.2) is 5.91 Å². The first kappa shape index (κ1) is 19.2. The van der Waals surface area contributed by atoms with Gasteiger partial charge in [-0.05, 0) is 60.6 Å². The van der Waals surface area contributed by atoms with Gasteiger partial charge >= 0.3 is 0 Å². The van der Waals surface area contributed by atoms with E-state index in [9.17, 15) is 10.1 Å². The summed E-state index contributed by atoms with van der Waals surface area (Å²) in [4.78, 5) is 13.9. The lowest BCUT2D eigenvalue weighted by molar-refractivity contribution is 0.102. The molecule has 29 heavy (non-hydrogen) atoms. The topological polar surface area (TPSA) is 62.1 Å². The van der Waals surface area contributed by atoms with Crippen LogP contribution in [0.4, 0.5) is 5.00 Å². The van der Waals surface area contributed by atoms with E-state index in [0.717, 1.165) is 30.4 Å². The monoisotopic (exact) mass is 402 g/mol. The molecule has 146 valence electrons. The van der Waals surface area contributed by atoms with Crippen LogP contribution < -0.4 is 10.1 Å². The van der Waals surface area contributed by atoms with Crippen LogP contribution in [0.25, 0.3) is 0 Å². The number of hydrogen-bond acceptors (Lipinski definition) is 4. The van der Waals surface area contributed by atoms with Crippen molar-refractivity contribution in [3.63, 3.8) is 0 Å². The molecule has 4 nitrogen and oxygen atoms in total. The number of benzene rings is 2. The summed E-state index contributed by atoms with van der Waals surface area (Å²) >= 11 is 1.54. The van der Waals surface area contributed by atoms with Gasteiger partial charge in [-0.1, -0.05) is 37.3 Å². The summed E-state index contributed by atoms with van der Waals surface area (Å²) in [5, 5.41) is 13.2. The van der Waals surface area contributed by atoms with Gasteiger partial charge < -0.3 is 10.1 Å². The maximum atomic E-state index is 12.7. The number of carbonyl (C=O) groups excluding carboxylic acids is 1. The van der Waals surface area contributed by atoms with E-state index in [-0.39, 0.29) is 5.91 Å².